The first-order valence-corrected chi connectivity index (χ1v) is 11.0. The first-order valence-electron chi connectivity index (χ1n) is 8.27. The van der Waals surface area contributed by atoms with Crippen LogP contribution in [0.4, 0.5) is 0 Å². The van der Waals surface area contributed by atoms with Gasteiger partial charge in [-0.15, -0.1) is 0 Å². The molecule has 4 rings (SSSR count). The Kier molecular flexibility index (Phi) is 5.97. The molecule has 0 unspecified atom stereocenters. The van der Waals surface area contributed by atoms with Crippen molar-refractivity contribution >= 4 is 59.4 Å². The monoisotopic (exact) mass is 575 g/mol. The lowest BCUT2D eigenvalue weighted by atomic mass is 9.91. The van der Waals surface area contributed by atoms with Crippen molar-refractivity contribution in [2.45, 2.75) is 0 Å². The molecule has 0 N–H and O–H groups in total. The molecule has 0 aliphatic heterocycles. The van der Waals surface area contributed by atoms with Gasteiger partial charge >= 0.3 is 0 Å². The third kappa shape index (κ3) is 3.94. The molecule has 6 heteroatoms. The Bertz CT molecular complexity index is 1140. The lowest BCUT2D eigenvalue weighted by Crippen LogP contribution is -1.95. The molecular formula is C22H11Br3ClN2. The fourth-order valence-corrected chi connectivity index (χ4v) is 4.31. The van der Waals surface area contributed by atoms with Crippen LogP contribution in [0, 0.1) is 6.07 Å². The van der Waals surface area contributed by atoms with Crippen LogP contribution in [-0.4, -0.2) is 9.97 Å². The van der Waals surface area contributed by atoms with E-state index >= 15 is 0 Å². The first-order chi connectivity index (χ1) is 13.5. The number of nitrogens with zero attached hydrogens (tertiary/aromatic N) is 2. The van der Waals surface area contributed by atoms with Crippen molar-refractivity contribution in [3.8, 4) is 33.6 Å². The molecule has 2 aromatic carbocycles. The van der Waals surface area contributed by atoms with E-state index in [0.717, 1.165) is 47.1 Å². The van der Waals surface area contributed by atoms with Crippen LogP contribution in [-0.2, 0) is 0 Å². The Labute approximate surface area is 193 Å². The van der Waals surface area contributed by atoms with Crippen molar-refractivity contribution in [3.63, 3.8) is 0 Å². The summed E-state index contributed by atoms with van der Waals surface area (Å²) in [6.07, 6.45) is 3.44. The molecule has 4 aromatic rings. The molecule has 0 saturated heterocycles. The zero-order valence-electron chi connectivity index (χ0n) is 14.3. The highest BCUT2D eigenvalue weighted by Crippen LogP contribution is 2.45. The summed E-state index contributed by atoms with van der Waals surface area (Å²) in [5.74, 6) is 0. The summed E-state index contributed by atoms with van der Waals surface area (Å²) >= 11 is 16.9. The van der Waals surface area contributed by atoms with Gasteiger partial charge in [-0.3, -0.25) is 9.97 Å². The van der Waals surface area contributed by atoms with Crippen LogP contribution >= 0.6 is 59.4 Å². The SMILES string of the molecule is Clc1ccc(-c2c[c]c(Br)c(-c3ccc(Br)cn3)c2-c2ccccc2Br)nc1. The predicted molar refractivity (Wildman–Crippen MR) is 125 cm³/mol. The van der Waals surface area contributed by atoms with Crippen LogP contribution in [0.2, 0.25) is 5.02 Å². The number of aromatic nitrogens is 2. The van der Waals surface area contributed by atoms with E-state index in [-0.39, 0.29) is 0 Å². The summed E-state index contributed by atoms with van der Waals surface area (Å²) in [4.78, 5) is 9.15. The zero-order chi connectivity index (χ0) is 19.7. The van der Waals surface area contributed by atoms with E-state index in [9.17, 15) is 0 Å². The minimum atomic E-state index is 0.599. The minimum Gasteiger partial charge on any atom is -0.255 e. The van der Waals surface area contributed by atoms with Crippen molar-refractivity contribution in [2.24, 2.45) is 0 Å². The highest BCUT2D eigenvalue weighted by Gasteiger charge is 2.20. The third-order valence-corrected chi connectivity index (χ3v) is 6.22. The molecule has 0 saturated carbocycles. The molecule has 0 aliphatic rings. The lowest BCUT2D eigenvalue weighted by Gasteiger charge is -2.18. The Morgan fingerprint density at radius 1 is 0.750 bits per heavy atom. The molecule has 2 aromatic heterocycles. The van der Waals surface area contributed by atoms with Gasteiger partial charge < -0.3 is 0 Å². The summed E-state index contributed by atoms with van der Waals surface area (Å²) in [5, 5.41) is 0.599. The van der Waals surface area contributed by atoms with Gasteiger partial charge in [0.05, 0.1) is 16.4 Å². The largest absolute Gasteiger partial charge is 0.255 e. The predicted octanol–water partition coefficient (Wildman–Crippen LogP) is 8.22. The Hall–Kier alpha value is -1.53. The number of pyridine rings is 2. The molecule has 1 radical (unpaired) electrons. The molecule has 0 amide bonds. The Morgan fingerprint density at radius 2 is 1.50 bits per heavy atom. The summed E-state index contributed by atoms with van der Waals surface area (Å²) in [6.45, 7) is 0. The average Bonchev–Trinajstić information content (AvgIpc) is 2.70. The van der Waals surface area contributed by atoms with E-state index in [1.165, 1.54) is 0 Å². The number of hydrogen-bond acceptors (Lipinski definition) is 2. The maximum absolute atomic E-state index is 6.05. The second-order valence-corrected chi connectivity index (χ2v) is 8.97. The summed E-state index contributed by atoms with van der Waals surface area (Å²) in [7, 11) is 0. The van der Waals surface area contributed by atoms with Crippen molar-refractivity contribution in [1.29, 1.82) is 0 Å². The third-order valence-electron chi connectivity index (χ3n) is 4.21. The fraction of sp³-hybridized carbons (Fsp3) is 0. The van der Waals surface area contributed by atoms with Crippen LogP contribution in [0.15, 0.2) is 80.4 Å². The van der Waals surface area contributed by atoms with Crippen molar-refractivity contribution in [2.75, 3.05) is 0 Å². The number of rotatable bonds is 3. The number of benzene rings is 2. The molecule has 0 aliphatic carbocycles. The van der Waals surface area contributed by atoms with Crippen LogP contribution in [0.5, 0.6) is 0 Å². The normalized spacial score (nSPS) is 10.9. The number of halogens is 4. The quantitative estimate of drug-likeness (QED) is 0.245. The van der Waals surface area contributed by atoms with E-state index in [0.29, 0.717) is 5.02 Å². The van der Waals surface area contributed by atoms with E-state index in [4.69, 9.17) is 11.6 Å². The maximum Gasteiger partial charge on any atom is 0.0720 e. The topological polar surface area (TPSA) is 25.8 Å². The van der Waals surface area contributed by atoms with Gasteiger partial charge in [0.2, 0.25) is 0 Å². The zero-order valence-corrected chi connectivity index (χ0v) is 19.8. The van der Waals surface area contributed by atoms with Crippen LogP contribution < -0.4 is 0 Å². The fourth-order valence-electron chi connectivity index (χ4n) is 2.97. The van der Waals surface area contributed by atoms with Crippen molar-refractivity contribution in [1.82, 2.24) is 9.97 Å². The Morgan fingerprint density at radius 3 is 2.18 bits per heavy atom. The maximum atomic E-state index is 6.05. The number of hydrogen-bond donors (Lipinski definition) is 0. The minimum absolute atomic E-state index is 0.599. The molecule has 2 nitrogen and oxygen atoms in total. The molecule has 2 heterocycles. The Balaban J connectivity index is 2.08. The van der Waals surface area contributed by atoms with Crippen LogP contribution in [0.25, 0.3) is 33.6 Å². The summed E-state index contributed by atoms with van der Waals surface area (Å²) in [5.41, 5.74) is 5.62. The van der Waals surface area contributed by atoms with Gasteiger partial charge in [-0.25, -0.2) is 0 Å². The van der Waals surface area contributed by atoms with Gasteiger partial charge in [-0.2, -0.15) is 0 Å². The van der Waals surface area contributed by atoms with E-state index in [2.05, 4.69) is 69.9 Å². The van der Waals surface area contributed by atoms with E-state index in [1.807, 2.05) is 48.5 Å². The molecule has 0 bridgehead atoms. The van der Waals surface area contributed by atoms with E-state index in [1.54, 1.807) is 12.4 Å². The summed E-state index contributed by atoms with van der Waals surface area (Å²) in [6, 6.07) is 21.1. The molecule has 28 heavy (non-hydrogen) atoms. The standard InChI is InChI=1S/C22H11Br3ClN2/c23-13-5-9-20(27-11-13)22-18(25)8-7-16(19-10-6-14(26)12-28-19)21(22)15-3-1-2-4-17(15)24/h1-7,9-12H. The second-order valence-electron chi connectivity index (χ2n) is 5.97. The average molecular weight is 579 g/mol. The van der Waals surface area contributed by atoms with Crippen LogP contribution in [0.3, 0.4) is 0 Å². The van der Waals surface area contributed by atoms with Crippen molar-refractivity contribution in [3.05, 3.63) is 91.5 Å². The summed E-state index contributed by atoms with van der Waals surface area (Å²) < 4.78 is 2.75. The van der Waals surface area contributed by atoms with Gasteiger partial charge in [0.25, 0.3) is 0 Å². The van der Waals surface area contributed by atoms with Crippen LogP contribution in [0.1, 0.15) is 0 Å². The molecule has 137 valence electrons. The molecule has 0 fully saturated rings. The smallest absolute Gasteiger partial charge is 0.0720 e. The van der Waals surface area contributed by atoms with Gasteiger partial charge in [0.15, 0.2) is 0 Å². The van der Waals surface area contributed by atoms with Gasteiger partial charge in [-0.05, 0) is 79.9 Å². The second kappa shape index (κ2) is 8.46. The highest BCUT2D eigenvalue weighted by atomic mass is 79.9. The molecule has 0 atom stereocenters. The highest BCUT2D eigenvalue weighted by molar-refractivity contribution is 9.11. The molecule has 0 spiro atoms. The van der Waals surface area contributed by atoms with Gasteiger partial charge in [-0.1, -0.05) is 45.7 Å². The van der Waals surface area contributed by atoms with Gasteiger partial charge in [0, 0.05) is 42.5 Å². The van der Waals surface area contributed by atoms with Gasteiger partial charge in [0.1, 0.15) is 0 Å². The first kappa shape index (κ1) is 19.8. The molecular weight excluding hydrogens is 567 g/mol. The van der Waals surface area contributed by atoms with E-state index < -0.39 is 0 Å². The lowest BCUT2D eigenvalue weighted by molar-refractivity contribution is 1.29. The van der Waals surface area contributed by atoms with Crippen molar-refractivity contribution < 1.29 is 0 Å².